The molecule has 0 aliphatic heterocycles. The van der Waals surface area contributed by atoms with Crippen LogP contribution in [0.15, 0.2) is 40.2 Å². The predicted octanol–water partition coefficient (Wildman–Crippen LogP) is 3.18. The molecular formula is C13H15BrN4OS. The summed E-state index contributed by atoms with van der Waals surface area (Å²) in [6, 6.07) is 7.52. The van der Waals surface area contributed by atoms with Crippen LogP contribution in [0.5, 0.6) is 0 Å². The van der Waals surface area contributed by atoms with E-state index in [1.54, 1.807) is 6.33 Å². The second-order valence-corrected chi connectivity index (χ2v) is 6.38. The highest BCUT2D eigenvalue weighted by atomic mass is 79.9. The minimum atomic E-state index is -0.247. The third-order valence-corrected chi connectivity index (χ3v) is 4.25. The fourth-order valence-electron chi connectivity index (χ4n) is 1.57. The molecule has 1 aromatic heterocycles. The number of aromatic nitrogens is 3. The number of aryl methyl sites for hydroxylation is 1. The number of hydrogen-bond acceptors (Lipinski definition) is 4. The van der Waals surface area contributed by atoms with E-state index in [4.69, 9.17) is 0 Å². The molecule has 0 bridgehead atoms. The second-order valence-electron chi connectivity index (χ2n) is 4.16. The molecule has 0 aliphatic carbocycles. The summed E-state index contributed by atoms with van der Waals surface area (Å²) in [5.74, 6) is -0.0567. The number of nitrogens with zero attached hydrogens (tertiary/aromatic N) is 3. The van der Waals surface area contributed by atoms with Crippen LogP contribution in [0, 0.1) is 0 Å². The van der Waals surface area contributed by atoms with E-state index in [0.29, 0.717) is 0 Å². The summed E-state index contributed by atoms with van der Waals surface area (Å²) in [5.41, 5.74) is 0.772. The van der Waals surface area contributed by atoms with Crippen LogP contribution in [0.2, 0.25) is 0 Å². The first kappa shape index (κ1) is 15.1. The lowest BCUT2D eigenvalue weighted by Crippen LogP contribution is -2.22. The zero-order chi connectivity index (χ0) is 14.5. The summed E-state index contributed by atoms with van der Waals surface area (Å²) < 4.78 is 2.84. The van der Waals surface area contributed by atoms with Crippen LogP contribution in [0.25, 0.3) is 0 Å². The Bertz CT molecular complexity index is 602. The van der Waals surface area contributed by atoms with E-state index >= 15 is 0 Å². The van der Waals surface area contributed by atoms with E-state index in [9.17, 15) is 4.79 Å². The van der Waals surface area contributed by atoms with Crippen molar-refractivity contribution in [2.45, 2.75) is 30.8 Å². The van der Waals surface area contributed by atoms with Gasteiger partial charge < -0.3 is 9.88 Å². The first-order valence-electron chi connectivity index (χ1n) is 6.21. The van der Waals surface area contributed by atoms with Crippen LogP contribution in [0.1, 0.15) is 13.8 Å². The molecule has 7 heteroatoms. The molecule has 20 heavy (non-hydrogen) atoms. The lowest BCUT2D eigenvalue weighted by Gasteiger charge is -2.12. The van der Waals surface area contributed by atoms with E-state index in [1.807, 2.05) is 42.7 Å². The molecule has 106 valence electrons. The molecule has 0 radical (unpaired) electrons. The molecule has 1 amide bonds. The fourth-order valence-corrected chi connectivity index (χ4v) is 2.86. The molecule has 5 nitrogen and oxygen atoms in total. The van der Waals surface area contributed by atoms with Gasteiger partial charge in [-0.05, 0) is 32.0 Å². The largest absolute Gasteiger partial charge is 0.325 e. The van der Waals surface area contributed by atoms with Crippen LogP contribution in [-0.2, 0) is 11.3 Å². The molecular weight excluding hydrogens is 340 g/mol. The molecule has 0 fully saturated rings. The zero-order valence-corrected chi connectivity index (χ0v) is 13.6. The van der Waals surface area contributed by atoms with Crippen molar-refractivity contribution in [2.75, 3.05) is 5.32 Å². The maximum Gasteiger partial charge on any atom is 0.237 e. The highest BCUT2D eigenvalue weighted by Gasteiger charge is 2.17. The second kappa shape index (κ2) is 6.90. The van der Waals surface area contributed by atoms with Gasteiger partial charge in [-0.3, -0.25) is 4.79 Å². The number of thioether (sulfide) groups is 1. The summed E-state index contributed by atoms with van der Waals surface area (Å²) in [5, 5.41) is 11.3. The number of hydrogen-bond donors (Lipinski definition) is 1. The Morgan fingerprint density at radius 2 is 2.35 bits per heavy atom. The SMILES string of the molecule is CCn1cnnc1S[C@H](C)C(=O)Nc1cccc(Br)c1. The van der Waals surface area contributed by atoms with Crippen molar-refractivity contribution >= 4 is 39.3 Å². The maximum absolute atomic E-state index is 12.1. The number of carbonyl (C=O) groups is 1. The molecule has 2 aromatic rings. The summed E-state index contributed by atoms with van der Waals surface area (Å²) in [4.78, 5) is 12.1. The number of rotatable bonds is 5. The highest BCUT2D eigenvalue weighted by molar-refractivity contribution is 9.10. The normalized spacial score (nSPS) is 12.2. The first-order chi connectivity index (χ1) is 9.60. The first-order valence-corrected chi connectivity index (χ1v) is 7.88. The molecule has 0 unspecified atom stereocenters. The summed E-state index contributed by atoms with van der Waals surface area (Å²) in [6.07, 6.45) is 1.67. The van der Waals surface area contributed by atoms with Gasteiger partial charge in [0.15, 0.2) is 5.16 Å². The van der Waals surface area contributed by atoms with Gasteiger partial charge in [0.2, 0.25) is 5.91 Å². The average Bonchev–Trinajstić information content (AvgIpc) is 2.85. The van der Waals surface area contributed by atoms with E-state index in [0.717, 1.165) is 21.9 Å². The minimum Gasteiger partial charge on any atom is -0.325 e. The number of halogens is 1. The molecule has 1 aromatic carbocycles. The van der Waals surface area contributed by atoms with Gasteiger partial charge in [0, 0.05) is 16.7 Å². The van der Waals surface area contributed by atoms with Crippen molar-refractivity contribution in [1.29, 1.82) is 0 Å². The third-order valence-electron chi connectivity index (χ3n) is 2.66. The van der Waals surface area contributed by atoms with Gasteiger partial charge in [-0.1, -0.05) is 33.8 Å². The van der Waals surface area contributed by atoms with E-state index < -0.39 is 0 Å². The molecule has 1 heterocycles. The molecule has 0 spiro atoms. The molecule has 1 N–H and O–H groups in total. The van der Waals surface area contributed by atoms with Gasteiger partial charge in [0.1, 0.15) is 6.33 Å². The Morgan fingerprint density at radius 3 is 3.05 bits per heavy atom. The Kier molecular flexibility index (Phi) is 5.19. The smallest absolute Gasteiger partial charge is 0.237 e. The van der Waals surface area contributed by atoms with Gasteiger partial charge >= 0.3 is 0 Å². The minimum absolute atomic E-state index is 0.0567. The monoisotopic (exact) mass is 354 g/mol. The zero-order valence-electron chi connectivity index (χ0n) is 11.2. The number of anilines is 1. The van der Waals surface area contributed by atoms with Crippen molar-refractivity contribution in [3.63, 3.8) is 0 Å². The van der Waals surface area contributed by atoms with Gasteiger partial charge in [0.05, 0.1) is 5.25 Å². The van der Waals surface area contributed by atoms with Crippen molar-refractivity contribution in [3.8, 4) is 0 Å². The number of benzene rings is 1. The number of carbonyl (C=O) groups excluding carboxylic acids is 1. The lowest BCUT2D eigenvalue weighted by atomic mass is 10.3. The Labute approximate surface area is 130 Å². The Hall–Kier alpha value is -1.34. The van der Waals surface area contributed by atoms with Gasteiger partial charge in [-0.25, -0.2) is 0 Å². The van der Waals surface area contributed by atoms with Crippen LogP contribution >= 0.6 is 27.7 Å². The van der Waals surface area contributed by atoms with E-state index in [2.05, 4.69) is 31.4 Å². The van der Waals surface area contributed by atoms with Crippen molar-refractivity contribution in [1.82, 2.24) is 14.8 Å². The van der Waals surface area contributed by atoms with Gasteiger partial charge in [-0.15, -0.1) is 10.2 Å². The number of amides is 1. The van der Waals surface area contributed by atoms with Crippen molar-refractivity contribution in [2.24, 2.45) is 0 Å². The summed E-state index contributed by atoms with van der Waals surface area (Å²) in [7, 11) is 0. The molecule has 0 aliphatic rings. The maximum atomic E-state index is 12.1. The summed E-state index contributed by atoms with van der Waals surface area (Å²) >= 11 is 4.78. The molecule has 2 rings (SSSR count). The molecule has 0 saturated heterocycles. The highest BCUT2D eigenvalue weighted by Crippen LogP contribution is 2.22. The van der Waals surface area contributed by atoms with E-state index in [1.165, 1.54) is 11.8 Å². The van der Waals surface area contributed by atoms with Crippen LogP contribution in [0.3, 0.4) is 0 Å². The third kappa shape index (κ3) is 3.83. The number of nitrogens with one attached hydrogen (secondary N) is 1. The Morgan fingerprint density at radius 1 is 1.55 bits per heavy atom. The van der Waals surface area contributed by atoms with E-state index in [-0.39, 0.29) is 11.2 Å². The van der Waals surface area contributed by atoms with Crippen molar-refractivity contribution < 1.29 is 4.79 Å². The van der Waals surface area contributed by atoms with Crippen LogP contribution < -0.4 is 5.32 Å². The molecule has 0 saturated carbocycles. The lowest BCUT2D eigenvalue weighted by molar-refractivity contribution is -0.115. The van der Waals surface area contributed by atoms with Gasteiger partial charge in [0.25, 0.3) is 0 Å². The fraction of sp³-hybridized carbons (Fsp3) is 0.308. The summed E-state index contributed by atoms with van der Waals surface area (Å²) in [6.45, 7) is 4.65. The van der Waals surface area contributed by atoms with Gasteiger partial charge in [-0.2, -0.15) is 0 Å². The quantitative estimate of drug-likeness (QED) is 0.837. The predicted molar refractivity (Wildman–Crippen MR) is 83.8 cm³/mol. The van der Waals surface area contributed by atoms with Crippen molar-refractivity contribution in [3.05, 3.63) is 35.1 Å². The van der Waals surface area contributed by atoms with Crippen LogP contribution in [-0.4, -0.2) is 25.9 Å². The topological polar surface area (TPSA) is 59.8 Å². The Balaban J connectivity index is 1.99. The molecule has 1 atom stereocenters. The average molecular weight is 355 g/mol. The standard InChI is InChI=1S/C13H15BrN4OS/c1-3-18-8-15-17-13(18)20-9(2)12(19)16-11-6-4-5-10(14)7-11/h4-9H,3H2,1-2H3,(H,16,19)/t9-/m1/s1. The van der Waals surface area contributed by atoms with Crippen LogP contribution in [0.4, 0.5) is 5.69 Å².